The molecular formula is C14H18N2O5. The van der Waals surface area contributed by atoms with Crippen LogP contribution >= 0.6 is 0 Å². The van der Waals surface area contributed by atoms with Gasteiger partial charge in [-0.25, -0.2) is 4.79 Å². The number of hydrogen-bond donors (Lipinski definition) is 3. The summed E-state index contributed by atoms with van der Waals surface area (Å²) in [7, 11) is 1.44. The van der Waals surface area contributed by atoms with E-state index < -0.39 is 17.4 Å². The summed E-state index contributed by atoms with van der Waals surface area (Å²) >= 11 is 0. The molecule has 1 fully saturated rings. The summed E-state index contributed by atoms with van der Waals surface area (Å²) < 4.78 is 10.2. The van der Waals surface area contributed by atoms with Gasteiger partial charge in [-0.1, -0.05) is 0 Å². The highest BCUT2D eigenvalue weighted by Crippen LogP contribution is 2.25. The molecular weight excluding hydrogens is 276 g/mol. The number of nitrogens with two attached hydrogens (primary N) is 1. The number of carboxylic acids is 1. The highest BCUT2D eigenvalue weighted by molar-refractivity contribution is 6.04. The molecule has 0 spiro atoms. The van der Waals surface area contributed by atoms with Gasteiger partial charge in [0.15, 0.2) is 0 Å². The molecule has 21 heavy (non-hydrogen) atoms. The molecule has 0 unspecified atom stereocenters. The van der Waals surface area contributed by atoms with E-state index in [1.165, 1.54) is 19.2 Å². The van der Waals surface area contributed by atoms with Crippen LogP contribution in [0.3, 0.4) is 0 Å². The van der Waals surface area contributed by atoms with Crippen LogP contribution in [0.5, 0.6) is 5.75 Å². The van der Waals surface area contributed by atoms with Crippen LogP contribution in [0.2, 0.25) is 0 Å². The molecule has 2 rings (SSSR count). The second-order valence-corrected chi connectivity index (χ2v) is 4.94. The average Bonchev–Trinajstić information content (AvgIpc) is 2.48. The Labute approximate surface area is 122 Å². The molecule has 4 N–H and O–H groups in total. The molecule has 7 heteroatoms. The van der Waals surface area contributed by atoms with Crippen LogP contribution in [-0.4, -0.2) is 42.8 Å². The van der Waals surface area contributed by atoms with Gasteiger partial charge in [0.05, 0.1) is 18.4 Å². The van der Waals surface area contributed by atoms with E-state index in [9.17, 15) is 14.7 Å². The van der Waals surface area contributed by atoms with Crippen molar-refractivity contribution in [2.45, 2.75) is 18.4 Å². The first-order valence-electron chi connectivity index (χ1n) is 6.56. The van der Waals surface area contributed by atoms with E-state index in [4.69, 9.17) is 15.2 Å². The maximum Gasteiger partial charge on any atom is 0.337 e. The Morgan fingerprint density at radius 1 is 1.38 bits per heavy atom. The first kappa shape index (κ1) is 15.3. The topological polar surface area (TPSA) is 111 Å². The fourth-order valence-electron chi connectivity index (χ4n) is 2.15. The Bertz CT molecular complexity index is 552. The number of benzene rings is 1. The minimum absolute atomic E-state index is 0.0432. The lowest BCUT2D eigenvalue weighted by Gasteiger charge is -2.31. The normalized spacial score (nSPS) is 17.0. The van der Waals surface area contributed by atoms with Crippen molar-refractivity contribution in [2.75, 3.05) is 25.6 Å². The standard InChI is InChI=1S/C14H18N2O5/c1-20-9-2-3-11(10(8-9)12(17)18)16-13(19)14(15)4-6-21-7-5-14/h2-3,8H,4-7,15H2,1H3,(H,16,19)(H,17,18). The number of anilines is 1. The molecule has 1 aliphatic rings. The van der Waals surface area contributed by atoms with Gasteiger partial charge < -0.3 is 25.6 Å². The van der Waals surface area contributed by atoms with Gasteiger partial charge in [0.1, 0.15) is 11.3 Å². The van der Waals surface area contributed by atoms with Gasteiger partial charge >= 0.3 is 5.97 Å². The predicted octanol–water partition coefficient (Wildman–Crippen LogP) is 0.840. The number of carboxylic acid groups (broad SMARTS) is 1. The zero-order valence-corrected chi connectivity index (χ0v) is 11.7. The van der Waals surface area contributed by atoms with Crippen LogP contribution in [-0.2, 0) is 9.53 Å². The van der Waals surface area contributed by atoms with Crippen molar-refractivity contribution in [3.63, 3.8) is 0 Å². The zero-order chi connectivity index (χ0) is 15.5. The van der Waals surface area contributed by atoms with E-state index in [1.807, 2.05) is 0 Å². The predicted molar refractivity (Wildman–Crippen MR) is 75.6 cm³/mol. The van der Waals surface area contributed by atoms with Gasteiger partial charge in [-0.3, -0.25) is 4.79 Å². The molecule has 1 heterocycles. The Morgan fingerprint density at radius 3 is 2.62 bits per heavy atom. The minimum atomic E-state index is -1.15. The highest BCUT2D eigenvalue weighted by atomic mass is 16.5. The number of methoxy groups -OCH3 is 1. The summed E-state index contributed by atoms with van der Waals surface area (Å²) in [5, 5.41) is 11.8. The van der Waals surface area contributed by atoms with Crippen molar-refractivity contribution < 1.29 is 24.2 Å². The molecule has 0 atom stereocenters. The molecule has 1 saturated heterocycles. The highest BCUT2D eigenvalue weighted by Gasteiger charge is 2.36. The third kappa shape index (κ3) is 3.32. The molecule has 1 amide bonds. The second-order valence-electron chi connectivity index (χ2n) is 4.94. The Hall–Kier alpha value is -2.12. The lowest BCUT2D eigenvalue weighted by Crippen LogP contribution is -2.54. The van der Waals surface area contributed by atoms with E-state index in [2.05, 4.69) is 5.32 Å². The fraction of sp³-hybridized carbons (Fsp3) is 0.429. The van der Waals surface area contributed by atoms with Gasteiger partial charge in [-0.05, 0) is 31.0 Å². The Balaban J connectivity index is 2.22. The van der Waals surface area contributed by atoms with Crippen LogP contribution in [0.4, 0.5) is 5.69 Å². The van der Waals surface area contributed by atoms with Crippen LogP contribution in [0.1, 0.15) is 23.2 Å². The summed E-state index contributed by atoms with van der Waals surface area (Å²) in [6.45, 7) is 0.830. The quantitative estimate of drug-likeness (QED) is 0.759. The number of aromatic carboxylic acids is 1. The zero-order valence-electron chi connectivity index (χ0n) is 11.7. The first-order valence-corrected chi connectivity index (χ1v) is 6.56. The van der Waals surface area contributed by atoms with E-state index in [-0.39, 0.29) is 11.3 Å². The van der Waals surface area contributed by atoms with Crippen molar-refractivity contribution in [3.8, 4) is 5.75 Å². The van der Waals surface area contributed by atoms with Crippen molar-refractivity contribution in [1.82, 2.24) is 0 Å². The van der Waals surface area contributed by atoms with E-state index >= 15 is 0 Å². The van der Waals surface area contributed by atoms with Gasteiger partial charge in [-0.2, -0.15) is 0 Å². The molecule has 0 bridgehead atoms. The average molecular weight is 294 g/mol. The van der Waals surface area contributed by atoms with Crippen molar-refractivity contribution in [3.05, 3.63) is 23.8 Å². The summed E-state index contributed by atoms with van der Waals surface area (Å²) in [4.78, 5) is 23.6. The number of rotatable bonds is 4. The van der Waals surface area contributed by atoms with Crippen molar-refractivity contribution >= 4 is 17.6 Å². The summed E-state index contributed by atoms with van der Waals surface area (Å²) in [6.07, 6.45) is 0.800. The van der Waals surface area contributed by atoms with Crippen LogP contribution in [0, 0.1) is 0 Å². The molecule has 7 nitrogen and oxygen atoms in total. The molecule has 114 valence electrons. The lowest BCUT2D eigenvalue weighted by atomic mass is 9.90. The van der Waals surface area contributed by atoms with Gasteiger partial charge in [-0.15, -0.1) is 0 Å². The fourth-order valence-corrected chi connectivity index (χ4v) is 2.15. The van der Waals surface area contributed by atoms with Crippen LogP contribution < -0.4 is 15.8 Å². The summed E-state index contributed by atoms with van der Waals surface area (Å²) in [5.41, 5.74) is 5.19. The number of hydrogen-bond acceptors (Lipinski definition) is 5. The minimum Gasteiger partial charge on any atom is -0.497 e. The number of amides is 1. The van der Waals surface area contributed by atoms with Crippen molar-refractivity contribution in [1.29, 1.82) is 0 Å². The lowest BCUT2D eigenvalue weighted by molar-refractivity contribution is -0.124. The maximum atomic E-state index is 12.3. The molecule has 0 saturated carbocycles. The third-order valence-corrected chi connectivity index (χ3v) is 3.54. The molecule has 1 aliphatic heterocycles. The molecule has 0 aromatic heterocycles. The van der Waals surface area contributed by atoms with Gasteiger partial charge in [0.2, 0.25) is 5.91 Å². The van der Waals surface area contributed by atoms with E-state index in [0.29, 0.717) is 31.8 Å². The van der Waals surface area contributed by atoms with Gasteiger partial charge in [0, 0.05) is 13.2 Å². The third-order valence-electron chi connectivity index (χ3n) is 3.54. The van der Waals surface area contributed by atoms with E-state index in [0.717, 1.165) is 0 Å². The number of carbonyl (C=O) groups is 2. The Morgan fingerprint density at radius 2 is 2.05 bits per heavy atom. The molecule has 0 radical (unpaired) electrons. The SMILES string of the molecule is COc1ccc(NC(=O)C2(N)CCOCC2)c(C(=O)O)c1. The second kappa shape index (κ2) is 6.11. The van der Waals surface area contributed by atoms with Gasteiger partial charge in [0.25, 0.3) is 0 Å². The van der Waals surface area contributed by atoms with E-state index in [1.54, 1.807) is 6.07 Å². The molecule has 1 aromatic rings. The summed E-state index contributed by atoms with van der Waals surface area (Å²) in [5.74, 6) is -1.15. The number of ether oxygens (including phenoxy) is 2. The smallest absolute Gasteiger partial charge is 0.337 e. The first-order chi connectivity index (χ1) is 9.96. The number of nitrogens with one attached hydrogen (secondary N) is 1. The maximum absolute atomic E-state index is 12.3. The van der Waals surface area contributed by atoms with Crippen molar-refractivity contribution in [2.24, 2.45) is 5.73 Å². The molecule has 1 aromatic carbocycles. The largest absolute Gasteiger partial charge is 0.497 e. The van der Waals surface area contributed by atoms with Crippen LogP contribution in [0.25, 0.3) is 0 Å². The monoisotopic (exact) mass is 294 g/mol. The van der Waals surface area contributed by atoms with Crippen LogP contribution in [0.15, 0.2) is 18.2 Å². The number of carbonyl (C=O) groups excluding carboxylic acids is 1. The summed E-state index contributed by atoms with van der Waals surface area (Å²) in [6, 6.07) is 4.42. The Kier molecular flexibility index (Phi) is 4.44. The molecule has 0 aliphatic carbocycles.